The number of hydrogen-bond acceptors (Lipinski definition) is 5. The summed E-state index contributed by atoms with van der Waals surface area (Å²) < 4.78 is 0. The van der Waals surface area contributed by atoms with Crippen LogP contribution in [0.2, 0.25) is 0 Å². The first-order valence-corrected chi connectivity index (χ1v) is 6.48. The predicted octanol–water partition coefficient (Wildman–Crippen LogP) is 2.61. The molecule has 2 aromatic rings. The van der Waals surface area contributed by atoms with Crippen LogP contribution >= 0.6 is 11.3 Å². The fraction of sp³-hybridized carbons (Fsp3) is 0.333. The third-order valence-corrected chi connectivity index (χ3v) is 3.20. The molecule has 0 aliphatic rings. The molecule has 4 nitrogen and oxygen atoms in total. The Morgan fingerprint density at radius 2 is 2.29 bits per heavy atom. The maximum absolute atomic E-state index is 4.45. The summed E-state index contributed by atoms with van der Waals surface area (Å²) in [5, 5.41) is 5.21. The summed E-state index contributed by atoms with van der Waals surface area (Å²) in [6, 6.07) is 6.12. The van der Waals surface area contributed by atoms with Gasteiger partial charge in [-0.15, -0.1) is 11.3 Å². The van der Waals surface area contributed by atoms with E-state index in [2.05, 4.69) is 37.7 Å². The van der Waals surface area contributed by atoms with Gasteiger partial charge in [-0.25, -0.2) is 4.98 Å². The van der Waals surface area contributed by atoms with Crippen molar-refractivity contribution in [3.05, 3.63) is 34.7 Å². The van der Waals surface area contributed by atoms with Gasteiger partial charge in [0, 0.05) is 24.7 Å². The molecule has 0 spiro atoms. The topological polar surface area (TPSA) is 41.1 Å². The van der Waals surface area contributed by atoms with Gasteiger partial charge in [0.05, 0.1) is 6.54 Å². The Morgan fingerprint density at radius 3 is 3.00 bits per heavy atom. The van der Waals surface area contributed by atoms with Crippen LogP contribution in [0.4, 0.5) is 11.8 Å². The first kappa shape index (κ1) is 11.9. The lowest BCUT2D eigenvalue weighted by Gasteiger charge is -2.17. The largest absolute Gasteiger partial charge is 0.354 e. The van der Waals surface area contributed by atoms with Crippen molar-refractivity contribution >= 4 is 23.1 Å². The van der Waals surface area contributed by atoms with Gasteiger partial charge < -0.3 is 10.2 Å². The minimum atomic E-state index is 0.683. The van der Waals surface area contributed by atoms with Crippen LogP contribution < -0.4 is 10.2 Å². The molecule has 0 radical (unpaired) electrons. The van der Waals surface area contributed by atoms with Crippen LogP contribution in [0.3, 0.4) is 0 Å². The lowest BCUT2D eigenvalue weighted by Crippen LogP contribution is -2.17. The van der Waals surface area contributed by atoms with E-state index in [0.717, 1.165) is 18.9 Å². The summed E-state index contributed by atoms with van der Waals surface area (Å²) in [5.74, 6) is 1.62. The van der Waals surface area contributed by atoms with Gasteiger partial charge in [-0.2, -0.15) is 4.98 Å². The van der Waals surface area contributed by atoms with Crippen LogP contribution in [0.1, 0.15) is 11.8 Å². The summed E-state index contributed by atoms with van der Waals surface area (Å²) >= 11 is 1.76. The zero-order chi connectivity index (χ0) is 12.1. The molecule has 5 heteroatoms. The monoisotopic (exact) mass is 248 g/mol. The molecule has 0 amide bonds. The highest BCUT2D eigenvalue weighted by Gasteiger charge is 2.05. The van der Waals surface area contributed by atoms with Crippen molar-refractivity contribution < 1.29 is 0 Å². The van der Waals surface area contributed by atoms with Crippen LogP contribution in [0.25, 0.3) is 0 Å². The molecule has 0 unspecified atom stereocenters. The van der Waals surface area contributed by atoms with E-state index >= 15 is 0 Å². The predicted molar refractivity (Wildman–Crippen MR) is 72.6 cm³/mol. The lowest BCUT2D eigenvalue weighted by molar-refractivity contribution is 0.903. The van der Waals surface area contributed by atoms with Crippen molar-refractivity contribution in [2.45, 2.75) is 13.5 Å². The fourth-order valence-electron chi connectivity index (χ4n) is 1.52. The van der Waals surface area contributed by atoms with Crippen molar-refractivity contribution in [2.75, 3.05) is 23.8 Å². The van der Waals surface area contributed by atoms with Crippen molar-refractivity contribution in [1.82, 2.24) is 9.97 Å². The molecule has 2 aromatic heterocycles. The molecule has 0 fully saturated rings. The Morgan fingerprint density at radius 1 is 1.41 bits per heavy atom. The molecule has 2 rings (SSSR count). The molecule has 0 aliphatic carbocycles. The SMILES string of the molecule is CCNc1nccc(N(C)Cc2cccs2)n1. The number of thiophene rings is 1. The molecule has 0 atom stereocenters. The zero-order valence-electron chi connectivity index (χ0n) is 10.1. The standard InChI is InChI=1S/C12H16N4S/c1-3-13-12-14-7-6-11(15-12)16(2)9-10-5-4-8-17-10/h4-8H,3,9H2,1-2H3,(H,13,14,15). The van der Waals surface area contributed by atoms with Crippen molar-refractivity contribution in [3.8, 4) is 0 Å². The van der Waals surface area contributed by atoms with Crippen LogP contribution in [0.15, 0.2) is 29.8 Å². The maximum atomic E-state index is 4.45. The first-order valence-electron chi connectivity index (χ1n) is 5.60. The first-order chi connectivity index (χ1) is 8.29. The quantitative estimate of drug-likeness (QED) is 0.883. The van der Waals surface area contributed by atoms with Gasteiger partial charge in [0.2, 0.25) is 5.95 Å². The third-order valence-electron chi connectivity index (χ3n) is 2.34. The number of aromatic nitrogens is 2. The maximum Gasteiger partial charge on any atom is 0.224 e. The van der Waals surface area contributed by atoms with Crippen molar-refractivity contribution in [2.24, 2.45) is 0 Å². The molecule has 0 saturated carbocycles. The Bertz CT molecular complexity index is 455. The molecule has 2 heterocycles. The summed E-state index contributed by atoms with van der Waals surface area (Å²) in [6.07, 6.45) is 1.78. The molecular formula is C12H16N4S. The second-order valence-corrected chi connectivity index (χ2v) is 4.74. The molecular weight excluding hydrogens is 232 g/mol. The molecule has 0 aliphatic heterocycles. The molecule has 0 aromatic carbocycles. The zero-order valence-corrected chi connectivity index (χ0v) is 10.9. The van der Waals surface area contributed by atoms with E-state index in [1.54, 1.807) is 17.5 Å². The Balaban J connectivity index is 2.07. The van der Waals surface area contributed by atoms with Crippen molar-refractivity contribution in [1.29, 1.82) is 0 Å². The summed E-state index contributed by atoms with van der Waals surface area (Å²) in [5.41, 5.74) is 0. The van der Waals surface area contributed by atoms with Gasteiger partial charge in [-0.3, -0.25) is 0 Å². The molecule has 17 heavy (non-hydrogen) atoms. The van der Waals surface area contributed by atoms with Gasteiger partial charge in [0.25, 0.3) is 0 Å². The highest BCUT2D eigenvalue weighted by atomic mass is 32.1. The summed E-state index contributed by atoms with van der Waals surface area (Å²) in [6.45, 7) is 3.74. The molecule has 90 valence electrons. The number of anilines is 2. The fourth-order valence-corrected chi connectivity index (χ4v) is 2.28. The van der Waals surface area contributed by atoms with E-state index in [-0.39, 0.29) is 0 Å². The van der Waals surface area contributed by atoms with E-state index < -0.39 is 0 Å². The second-order valence-electron chi connectivity index (χ2n) is 3.70. The normalized spacial score (nSPS) is 10.2. The van der Waals surface area contributed by atoms with Gasteiger partial charge >= 0.3 is 0 Å². The Hall–Kier alpha value is -1.62. The Kier molecular flexibility index (Phi) is 3.93. The van der Waals surface area contributed by atoms with E-state index in [4.69, 9.17) is 0 Å². The minimum Gasteiger partial charge on any atom is -0.354 e. The van der Waals surface area contributed by atoms with Gasteiger partial charge in [0.1, 0.15) is 5.82 Å². The van der Waals surface area contributed by atoms with Crippen LogP contribution in [-0.2, 0) is 6.54 Å². The van der Waals surface area contributed by atoms with E-state index in [1.807, 2.05) is 20.0 Å². The van der Waals surface area contributed by atoms with Gasteiger partial charge in [0.15, 0.2) is 0 Å². The second kappa shape index (κ2) is 5.63. The van der Waals surface area contributed by atoms with Gasteiger partial charge in [-0.05, 0) is 24.4 Å². The van der Waals surface area contributed by atoms with E-state index in [1.165, 1.54) is 4.88 Å². The van der Waals surface area contributed by atoms with Crippen molar-refractivity contribution in [3.63, 3.8) is 0 Å². The molecule has 0 saturated heterocycles. The summed E-state index contributed by atoms with van der Waals surface area (Å²) in [4.78, 5) is 12.1. The Labute approximate surface area is 105 Å². The number of nitrogens with zero attached hydrogens (tertiary/aromatic N) is 3. The van der Waals surface area contributed by atoms with Crippen LogP contribution in [0.5, 0.6) is 0 Å². The van der Waals surface area contributed by atoms with Crippen LogP contribution in [0, 0.1) is 0 Å². The highest BCUT2D eigenvalue weighted by molar-refractivity contribution is 7.09. The van der Waals surface area contributed by atoms with Gasteiger partial charge in [-0.1, -0.05) is 6.07 Å². The third kappa shape index (κ3) is 3.17. The smallest absolute Gasteiger partial charge is 0.224 e. The highest BCUT2D eigenvalue weighted by Crippen LogP contribution is 2.16. The van der Waals surface area contributed by atoms with E-state index in [9.17, 15) is 0 Å². The minimum absolute atomic E-state index is 0.683. The average Bonchev–Trinajstić information content (AvgIpc) is 2.83. The summed E-state index contributed by atoms with van der Waals surface area (Å²) in [7, 11) is 2.04. The van der Waals surface area contributed by atoms with Crippen LogP contribution in [-0.4, -0.2) is 23.6 Å². The number of nitrogens with one attached hydrogen (secondary N) is 1. The van der Waals surface area contributed by atoms with E-state index in [0.29, 0.717) is 5.95 Å². The number of hydrogen-bond donors (Lipinski definition) is 1. The molecule has 1 N–H and O–H groups in total. The molecule has 0 bridgehead atoms. The number of rotatable bonds is 5. The lowest BCUT2D eigenvalue weighted by atomic mass is 10.4. The average molecular weight is 248 g/mol.